The van der Waals surface area contributed by atoms with Crippen LogP contribution in [-0.2, 0) is 13.0 Å². The van der Waals surface area contributed by atoms with Gasteiger partial charge in [-0.15, -0.1) is 0 Å². The molecule has 0 fully saturated rings. The summed E-state index contributed by atoms with van der Waals surface area (Å²) in [6, 6.07) is 11.7. The highest BCUT2D eigenvalue weighted by Crippen LogP contribution is 2.28. The number of benzene rings is 2. The summed E-state index contributed by atoms with van der Waals surface area (Å²) in [6.45, 7) is 0.727. The Morgan fingerprint density at radius 1 is 1.11 bits per heavy atom. The lowest BCUT2D eigenvalue weighted by atomic mass is 9.95. The van der Waals surface area contributed by atoms with Crippen LogP contribution in [0.2, 0.25) is 0 Å². The first-order valence-electron chi connectivity index (χ1n) is 9.13. The number of hydrogen-bond acceptors (Lipinski definition) is 5. The van der Waals surface area contributed by atoms with Crippen LogP contribution in [0, 0.1) is 0 Å². The third-order valence-electron chi connectivity index (χ3n) is 5.26. The highest BCUT2D eigenvalue weighted by Gasteiger charge is 2.22. The Balaban J connectivity index is 1.51. The molecule has 0 saturated heterocycles. The Morgan fingerprint density at radius 3 is 2.86 bits per heavy atom. The average Bonchev–Trinajstić information content (AvgIpc) is 3.27. The van der Waals surface area contributed by atoms with Crippen molar-refractivity contribution >= 4 is 10.9 Å². The van der Waals surface area contributed by atoms with E-state index in [0.29, 0.717) is 16.7 Å². The molecule has 0 spiro atoms. The van der Waals surface area contributed by atoms with Crippen LogP contribution in [0.4, 0.5) is 0 Å². The van der Waals surface area contributed by atoms with E-state index in [-0.39, 0.29) is 11.6 Å². The van der Waals surface area contributed by atoms with Gasteiger partial charge >= 0.3 is 0 Å². The molecule has 1 aliphatic heterocycles. The minimum atomic E-state index is -0.136. The first-order chi connectivity index (χ1) is 13.7. The fourth-order valence-corrected chi connectivity index (χ4v) is 3.72. The number of nitrogens with zero attached hydrogens (tertiary/aromatic N) is 2. The summed E-state index contributed by atoms with van der Waals surface area (Å²) in [5.41, 5.74) is 4.86. The molecule has 5 rings (SSSR count). The van der Waals surface area contributed by atoms with Gasteiger partial charge in [-0.25, -0.2) is 4.98 Å². The Bertz CT molecular complexity index is 1210. The van der Waals surface area contributed by atoms with Gasteiger partial charge in [0.15, 0.2) is 0 Å². The quantitative estimate of drug-likeness (QED) is 0.513. The summed E-state index contributed by atoms with van der Waals surface area (Å²) in [4.78, 5) is 20.4. The lowest BCUT2D eigenvalue weighted by Crippen LogP contribution is -2.31. The van der Waals surface area contributed by atoms with Gasteiger partial charge in [-0.1, -0.05) is 12.1 Å². The minimum absolute atomic E-state index is 0.0507. The predicted octanol–water partition coefficient (Wildman–Crippen LogP) is 2.71. The van der Waals surface area contributed by atoms with Gasteiger partial charge in [0.05, 0.1) is 30.3 Å². The summed E-state index contributed by atoms with van der Waals surface area (Å²) in [5, 5.41) is 10.8. The third-order valence-corrected chi connectivity index (χ3v) is 5.26. The van der Waals surface area contributed by atoms with E-state index in [2.05, 4.69) is 32.6 Å². The largest absolute Gasteiger partial charge is 0.497 e. The van der Waals surface area contributed by atoms with Crippen LogP contribution in [0.15, 0.2) is 53.6 Å². The molecule has 0 saturated carbocycles. The van der Waals surface area contributed by atoms with Gasteiger partial charge in [0, 0.05) is 18.3 Å². The monoisotopic (exact) mass is 373 g/mol. The predicted molar refractivity (Wildman–Crippen MR) is 106 cm³/mol. The van der Waals surface area contributed by atoms with Gasteiger partial charge < -0.3 is 15.0 Å². The number of ether oxygens (including phenoxy) is 1. The fraction of sp³-hybridized carbons (Fsp3) is 0.190. The molecule has 0 radical (unpaired) electrons. The van der Waals surface area contributed by atoms with Crippen LogP contribution in [-0.4, -0.2) is 27.3 Å². The maximum Gasteiger partial charge on any atom is 0.258 e. The van der Waals surface area contributed by atoms with Crippen LogP contribution >= 0.6 is 0 Å². The second-order valence-corrected chi connectivity index (χ2v) is 6.94. The lowest BCUT2D eigenvalue weighted by Gasteiger charge is -2.26. The van der Waals surface area contributed by atoms with Gasteiger partial charge in [0.2, 0.25) is 0 Å². The van der Waals surface area contributed by atoms with Crippen molar-refractivity contribution in [2.75, 3.05) is 7.11 Å². The standard InChI is InChI=1S/C21H19N5O2/c1-28-16-4-2-13-9-22-19(8-14(13)6-16)20-25-18-5-3-12(15-10-23-24-11-15)7-17(18)21(27)26-20/h2-7,10-11,19,22H,8-9H2,1H3,(H,23,24)(H,25,26,27)/t19-/m0/s1. The SMILES string of the molecule is COc1ccc2c(c1)C[C@@H](c1nc3ccc(-c4cn[nH]c4)cc3c(=O)[nH]1)NC2. The zero-order chi connectivity index (χ0) is 19.1. The van der Waals surface area contributed by atoms with Crippen LogP contribution in [0.25, 0.3) is 22.0 Å². The van der Waals surface area contributed by atoms with E-state index in [1.807, 2.05) is 24.3 Å². The molecular weight excluding hydrogens is 354 g/mol. The van der Waals surface area contributed by atoms with E-state index in [9.17, 15) is 4.79 Å². The van der Waals surface area contributed by atoms with Crippen molar-refractivity contribution in [2.45, 2.75) is 19.0 Å². The number of fused-ring (bicyclic) bond motifs is 2. The average molecular weight is 373 g/mol. The topological polar surface area (TPSA) is 95.7 Å². The molecule has 1 aliphatic rings. The maximum absolute atomic E-state index is 12.7. The van der Waals surface area contributed by atoms with E-state index in [1.165, 1.54) is 11.1 Å². The number of H-pyrrole nitrogens is 2. The van der Waals surface area contributed by atoms with Gasteiger partial charge in [-0.2, -0.15) is 5.10 Å². The molecule has 0 amide bonds. The van der Waals surface area contributed by atoms with Crippen LogP contribution in [0.1, 0.15) is 23.0 Å². The number of methoxy groups -OCH3 is 1. The number of rotatable bonds is 3. The first kappa shape index (κ1) is 16.7. The van der Waals surface area contributed by atoms with Crippen molar-refractivity contribution < 1.29 is 4.74 Å². The van der Waals surface area contributed by atoms with Crippen LogP contribution in [0.5, 0.6) is 5.75 Å². The molecule has 4 aromatic rings. The molecule has 3 N–H and O–H groups in total. The minimum Gasteiger partial charge on any atom is -0.497 e. The van der Waals surface area contributed by atoms with Crippen molar-refractivity contribution in [3.63, 3.8) is 0 Å². The highest BCUT2D eigenvalue weighted by atomic mass is 16.5. The second-order valence-electron chi connectivity index (χ2n) is 6.94. The number of nitrogens with one attached hydrogen (secondary N) is 3. The summed E-state index contributed by atoms with van der Waals surface area (Å²) < 4.78 is 5.34. The number of aromatic amines is 2. The maximum atomic E-state index is 12.7. The van der Waals surface area contributed by atoms with Gasteiger partial charge in [0.1, 0.15) is 11.6 Å². The molecule has 7 nitrogen and oxygen atoms in total. The Hall–Kier alpha value is -3.45. The van der Waals surface area contributed by atoms with E-state index < -0.39 is 0 Å². The summed E-state index contributed by atoms with van der Waals surface area (Å²) in [6.07, 6.45) is 4.28. The summed E-state index contributed by atoms with van der Waals surface area (Å²) >= 11 is 0. The molecule has 0 bridgehead atoms. The molecular formula is C21H19N5O2. The Kier molecular flexibility index (Phi) is 3.95. The van der Waals surface area contributed by atoms with E-state index in [1.54, 1.807) is 19.5 Å². The van der Waals surface area contributed by atoms with Crippen molar-refractivity contribution in [3.05, 3.63) is 76.1 Å². The molecule has 0 unspecified atom stereocenters. The Labute approximate surface area is 160 Å². The second kappa shape index (κ2) is 6.61. The summed E-state index contributed by atoms with van der Waals surface area (Å²) in [7, 11) is 1.67. The first-order valence-corrected chi connectivity index (χ1v) is 9.13. The summed E-state index contributed by atoms with van der Waals surface area (Å²) in [5.74, 6) is 1.49. The molecule has 7 heteroatoms. The van der Waals surface area contributed by atoms with Crippen LogP contribution < -0.4 is 15.6 Å². The molecule has 2 aromatic heterocycles. The third kappa shape index (κ3) is 2.86. The van der Waals surface area contributed by atoms with Crippen molar-refractivity contribution in [3.8, 4) is 16.9 Å². The Morgan fingerprint density at radius 2 is 2.04 bits per heavy atom. The van der Waals surface area contributed by atoms with Gasteiger partial charge in [-0.3, -0.25) is 9.89 Å². The molecule has 28 heavy (non-hydrogen) atoms. The van der Waals surface area contributed by atoms with Crippen molar-refractivity contribution in [2.24, 2.45) is 0 Å². The van der Waals surface area contributed by atoms with Crippen molar-refractivity contribution in [1.82, 2.24) is 25.5 Å². The van der Waals surface area contributed by atoms with E-state index >= 15 is 0 Å². The molecule has 3 heterocycles. The molecule has 0 aliphatic carbocycles. The van der Waals surface area contributed by atoms with Crippen LogP contribution in [0.3, 0.4) is 0 Å². The van der Waals surface area contributed by atoms with E-state index in [4.69, 9.17) is 9.72 Å². The highest BCUT2D eigenvalue weighted by molar-refractivity contribution is 5.83. The molecule has 1 atom stereocenters. The molecule has 140 valence electrons. The van der Waals surface area contributed by atoms with Crippen molar-refractivity contribution in [1.29, 1.82) is 0 Å². The lowest BCUT2D eigenvalue weighted by molar-refractivity contribution is 0.411. The molecule has 2 aromatic carbocycles. The number of hydrogen-bond donors (Lipinski definition) is 3. The zero-order valence-electron chi connectivity index (χ0n) is 15.3. The van der Waals surface area contributed by atoms with Gasteiger partial charge in [-0.05, 0) is 47.4 Å². The smallest absolute Gasteiger partial charge is 0.258 e. The normalized spacial score (nSPS) is 16.1. The zero-order valence-corrected chi connectivity index (χ0v) is 15.3. The fourth-order valence-electron chi connectivity index (χ4n) is 3.72. The van der Waals surface area contributed by atoms with Gasteiger partial charge in [0.25, 0.3) is 5.56 Å². The van der Waals surface area contributed by atoms with E-state index in [0.717, 1.165) is 29.8 Å². The number of aromatic nitrogens is 4.